The summed E-state index contributed by atoms with van der Waals surface area (Å²) in [4.78, 5) is 38.9. The van der Waals surface area contributed by atoms with Gasteiger partial charge in [-0.15, -0.1) is 0 Å². The summed E-state index contributed by atoms with van der Waals surface area (Å²) >= 11 is 0. The highest BCUT2D eigenvalue weighted by Gasteiger charge is 2.60. The monoisotopic (exact) mass is 381 g/mol. The normalized spacial score (nSPS) is 33.4. The van der Waals surface area contributed by atoms with Gasteiger partial charge in [0.15, 0.2) is 0 Å². The van der Waals surface area contributed by atoms with Gasteiger partial charge in [0.05, 0.1) is 27.6 Å². The van der Waals surface area contributed by atoms with Crippen molar-refractivity contribution in [1.82, 2.24) is 19.8 Å². The molecule has 2 aliphatic heterocycles. The van der Waals surface area contributed by atoms with E-state index in [0.717, 1.165) is 19.3 Å². The Bertz CT molecular complexity index is 879. The molecule has 4 fully saturated rings. The Kier molecular flexibility index (Phi) is 3.96. The summed E-state index contributed by atoms with van der Waals surface area (Å²) in [5.74, 6) is 6.32. The van der Waals surface area contributed by atoms with Crippen LogP contribution in [0.4, 0.5) is 5.95 Å². The molecule has 0 radical (unpaired) electrons. The first-order valence-electron chi connectivity index (χ1n) is 11.1. The largest absolute Gasteiger partial charge is 0.338 e. The van der Waals surface area contributed by atoms with Gasteiger partial charge in [-0.2, -0.15) is 0 Å². The quantitative estimate of drug-likeness (QED) is 0.565. The zero-order valence-corrected chi connectivity index (χ0v) is 15.8. The van der Waals surface area contributed by atoms with Crippen LogP contribution < -0.4 is 4.90 Å². The summed E-state index contributed by atoms with van der Waals surface area (Å²) in [6.07, 6.45) is 6.49. The molecule has 7 heteroatoms. The Labute approximate surface area is 167 Å². The van der Waals surface area contributed by atoms with E-state index in [-0.39, 0.29) is 30.2 Å². The van der Waals surface area contributed by atoms with Crippen molar-refractivity contribution in [2.24, 2.45) is 23.7 Å². The number of fused-ring (bicyclic) bond motifs is 5. The average Bonchev–Trinajstić information content (AvgIpc) is 3.44. The maximum Gasteiger partial charge on any atom is 0.234 e. The molecule has 3 heterocycles. The van der Waals surface area contributed by atoms with Crippen LogP contribution in [0.3, 0.4) is 0 Å². The number of aromatic nitrogens is 2. The molecule has 146 valence electrons. The van der Waals surface area contributed by atoms with Crippen molar-refractivity contribution in [3.05, 3.63) is 18.5 Å². The van der Waals surface area contributed by atoms with E-state index in [0.29, 0.717) is 44.0 Å². The van der Waals surface area contributed by atoms with Gasteiger partial charge in [-0.3, -0.25) is 19.4 Å². The summed E-state index contributed by atoms with van der Waals surface area (Å²) in [6.45, 7) is 0.386. The lowest BCUT2D eigenvalue weighted by molar-refractivity contribution is -0.139. The second kappa shape index (κ2) is 7.17. The minimum atomic E-state index is -1.82. The van der Waals surface area contributed by atoms with Gasteiger partial charge in [0.25, 0.3) is 0 Å². The van der Waals surface area contributed by atoms with E-state index in [1.807, 2.05) is 4.90 Å². The molecule has 0 unspecified atom stereocenters. The van der Waals surface area contributed by atoms with Crippen LogP contribution in [0.25, 0.3) is 0 Å². The number of piperazine rings is 1. The summed E-state index contributed by atoms with van der Waals surface area (Å²) in [7, 11) is 0. The van der Waals surface area contributed by atoms with Crippen molar-refractivity contribution in [3.8, 4) is 11.8 Å². The predicted octanol–water partition coefficient (Wildman–Crippen LogP) is 0.633. The van der Waals surface area contributed by atoms with E-state index in [4.69, 9.17) is 2.74 Å². The highest BCUT2D eigenvalue weighted by atomic mass is 16.2. The third-order valence-electron chi connectivity index (χ3n) is 6.67. The minimum absolute atomic E-state index is 0.0125. The number of nitrogens with zero attached hydrogens (tertiary/aromatic N) is 5. The molecule has 4 atom stereocenters. The first kappa shape index (κ1) is 15.5. The molecule has 1 aromatic heterocycles. The lowest BCUT2D eigenvalue weighted by Gasteiger charge is -2.33. The fourth-order valence-corrected chi connectivity index (χ4v) is 5.34. The van der Waals surface area contributed by atoms with Crippen LogP contribution in [-0.4, -0.2) is 70.8 Å². The standard InChI is InChI=1S/C21H25N5O2/c27-19-17-15-4-5-16(14-15)18(17)20(28)26(19)9-2-1-8-24-10-12-25(13-11-24)21-22-6-3-7-23-21/h3,6-7,15-18H,4-5,8-14H2/t15-,16+,17-,18+/i8D2. The van der Waals surface area contributed by atoms with E-state index < -0.39 is 6.50 Å². The Morgan fingerprint density at radius 2 is 1.64 bits per heavy atom. The van der Waals surface area contributed by atoms with Crippen LogP contribution >= 0.6 is 0 Å². The van der Waals surface area contributed by atoms with Crippen molar-refractivity contribution < 1.29 is 12.3 Å². The molecule has 2 bridgehead atoms. The van der Waals surface area contributed by atoms with Crippen molar-refractivity contribution in [2.45, 2.75) is 19.3 Å². The number of amides is 2. The summed E-state index contributed by atoms with van der Waals surface area (Å²) in [6, 6.07) is 1.77. The summed E-state index contributed by atoms with van der Waals surface area (Å²) in [5, 5.41) is 0. The minimum Gasteiger partial charge on any atom is -0.338 e. The number of anilines is 1. The summed E-state index contributed by atoms with van der Waals surface area (Å²) in [5.41, 5.74) is 0. The highest BCUT2D eigenvalue weighted by Crippen LogP contribution is 2.55. The molecule has 2 aliphatic carbocycles. The molecule has 0 N–H and O–H groups in total. The van der Waals surface area contributed by atoms with Crippen LogP contribution in [0.5, 0.6) is 0 Å². The molecule has 7 nitrogen and oxygen atoms in total. The molecule has 5 rings (SSSR count). The van der Waals surface area contributed by atoms with Gasteiger partial charge >= 0.3 is 0 Å². The zero-order chi connectivity index (χ0) is 20.9. The van der Waals surface area contributed by atoms with Gasteiger partial charge in [-0.25, -0.2) is 9.97 Å². The van der Waals surface area contributed by atoms with Crippen molar-refractivity contribution in [1.29, 1.82) is 0 Å². The number of hydrogen-bond acceptors (Lipinski definition) is 6. The van der Waals surface area contributed by atoms with E-state index >= 15 is 0 Å². The number of hydrogen-bond donors (Lipinski definition) is 0. The van der Waals surface area contributed by atoms with Gasteiger partial charge in [0.2, 0.25) is 17.8 Å². The first-order valence-corrected chi connectivity index (χ1v) is 10.1. The van der Waals surface area contributed by atoms with Crippen LogP contribution in [0.15, 0.2) is 18.5 Å². The Hall–Kier alpha value is -2.46. The second-order valence-corrected chi connectivity index (χ2v) is 8.08. The second-order valence-electron chi connectivity index (χ2n) is 8.08. The van der Waals surface area contributed by atoms with E-state index in [2.05, 4.69) is 21.8 Å². The molecule has 2 saturated heterocycles. The van der Waals surface area contributed by atoms with E-state index in [1.165, 1.54) is 4.90 Å². The molecule has 2 saturated carbocycles. The SMILES string of the molecule is [2H]C([2H])(C#CCN1C(=O)[C@@H]2[C@@H]3CC[C@@H](C3)[C@@H]2C1=O)N1CCN(c2ncccn2)CC1. The Balaban J connectivity index is 1.20. The number of likely N-dealkylation sites (tertiary alicyclic amines) is 1. The molecule has 0 spiro atoms. The van der Waals surface area contributed by atoms with Crippen molar-refractivity contribution in [3.63, 3.8) is 0 Å². The molecular weight excluding hydrogens is 354 g/mol. The lowest BCUT2D eigenvalue weighted by Crippen LogP contribution is -2.47. The molecule has 0 aromatic carbocycles. The third kappa shape index (κ3) is 2.96. The van der Waals surface area contributed by atoms with Gasteiger partial charge in [0, 0.05) is 38.6 Å². The Morgan fingerprint density at radius 3 is 2.29 bits per heavy atom. The van der Waals surface area contributed by atoms with Crippen LogP contribution in [0.1, 0.15) is 22.0 Å². The average molecular weight is 381 g/mol. The highest BCUT2D eigenvalue weighted by molar-refractivity contribution is 6.06. The molecular formula is C21H25N5O2. The zero-order valence-electron chi connectivity index (χ0n) is 17.8. The van der Waals surface area contributed by atoms with Crippen LogP contribution in [0.2, 0.25) is 0 Å². The number of carbonyl (C=O) groups excluding carboxylic acids is 2. The molecule has 2 amide bonds. The topological polar surface area (TPSA) is 69.6 Å². The molecule has 28 heavy (non-hydrogen) atoms. The molecule has 1 aromatic rings. The molecule has 4 aliphatic rings. The predicted molar refractivity (Wildman–Crippen MR) is 103 cm³/mol. The first-order chi connectivity index (χ1) is 14.5. The van der Waals surface area contributed by atoms with Gasteiger partial charge in [-0.1, -0.05) is 11.8 Å². The third-order valence-corrected chi connectivity index (χ3v) is 6.67. The smallest absolute Gasteiger partial charge is 0.234 e. The Morgan fingerprint density at radius 1 is 1.00 bits per heavy atom. The van der Waals surface area contributed by atoms with Crippen molar-refractivity contribution >= 4 is 17.8 Å². The van der Waals surface area contributed by atoms with Crippen LogP contribution in [0, 0.1) is 35.5 Å². The lowest BCUT2D eigenvalue weighted by atomic mass is 9.81. The van der Waals surface area contributed by atoms with Crippen LogP contribution in [-0.2, 0) is 9.59 Å². The maximum absolute atomic E-state index is 12.7. The van der Waals surface area contributed by atoms with Gasteiger partial charge in [0.1, 0.15) is 0 Å². The fraction of sp³-hybridized carbons (Fsp3) is 0.619. The maximum atomic E-state index is 12.7. The van der Waals surface area contributed by atoms with E-state index in [1.54, 1.807) is 23.4 Å². The summed E-state index contributed by atoms with van der Waals surface area (Å²) < 4.78 is 16.7. The number of carbonyl (C=O) groups is 2. The number of imide groups is 1. The van der Waals surface area contributed by atoms with Crippen molar-refractivity contribution in [2.75, 3.05) is 44.1 Å². The van der Waals surface area contributed by atoms with E-state index in [9.17, 15) is 9.59 Å². The number of rotatable bonds is 3. The van der Waals surface area contributed by atoms with Gasteiger partial charge in [-0.05, 0) is 37.2 Å². The fourth-order valence-electron chi connectivity index (χ4n) is 5.34. The van der Waals surface area contributed by atoms with Gasteiger partial charge < -0.3 is 4.90 Å².